The van der Waals surface area contributed by atoms with Gasteiger partial charge in [0.25, 0.3) is 0 Å². The van der Waals surface area contributed by atoms with E-state index in [1.807, 2.05) is 24.3 Å². The summed E-state index contributed by atoms with van der Waals surface area (Å²) in [5.74, 6) is 0.210. The zero-order valence-electron chi connectivity index (χ0n) is 12.4. The fourth-order valence-corrected chi connectivity index (χ4v) is 2.94. The fourth-order valence-electron chi connectivity index (χ4n) is 2.81. The largest absolute Gasteiger partial charge is 0.394 e. The molecule has 1 aliphatic rings. The van der Waals surface area contributed by atoms with Crippen LogP contribution in [0.3, 0.4) is 0 Å². The van der Waals surface area contributed by atoms with E-state index in [1.165, 1.54) is 0 Å². The van der Waals surface area contributed by atoms with Gasteiger partial charge in [-0.15, -0.1) is 0 Å². The molecule has 116 valence electrons. The van der Waals surface area contributed by atoms with Gasteiger partial charge in [-0.05, 0) is 36.5 Å². The van der Waals surface area contributed by atoms with Crippen LogP contribution in [0.2, 0.25) is 5.02 Å². The van der Waals surface area contributed by atoms with E-state index in [0.29, 0.717) is 11.6 Å². The molecule has 4 nitrogen and oxygen atoms in total. The van der Waals surface area contributed by atoms with Crippen LogP contribution in [0.25, 0.3) is 0 Å². The lowest BCUT2D eigenvalue weighted by atomic mass is 9.99. The Hall–Kier alpha value is -1.26. The first kappa shape index (κ1) is 16.1. The Morgan fingerprint density at radius 3 is 2.52 bits per heavy atom. The Morgan fingerprint density at radius 2 is 1.95 bits per heavy atom. The Bertz CT molecular complexity index is 470. The minimum atomic E-state index is -0.423. The van der Waals surface area contributed by atoms with Gasteiger partial charge in [0.2, 0.25) is 0 Å². The topological polar surface area (TPSA) is 61.4 Å². The Kier molecular flexibility index (Phi) is 5.48. The van der Waals surface area contributed by atoms with Crippen LogP contribution in [0.1, 0.15) is 44.1 Å². The summed E-state index contributed by atoms with van der Waals surface area (Å²) < 4.78 is 0. The number of benzene rings is 1. The molecule has 5 heteroatoms. The van der Waals surface area contributed by atoms with E-state index in [0.717, 1.165) is 31.2 Å². The number of rotatable bonds is 5. The number of nitrogens with one attached hydrogen (secondary N) is 2. The van der Waals surface area contributed by atoms with Crippen LogP contribution in [-0.2, 0) is 0 Å². The molecule has 21 heavy (non-hydrogen) atoms. The second-order valence-corrected chi connectivity index (χ2v) is 6.37. The van der Waals surface area contributed by atoms with Gasteiger partial charge in [0.1, 0.15) is 0 Å². The molecule has 1 aliphatic carbocycles. The second kappa shape index (κ2) is 7.14. The van der Waals surface area contributed by atoms with E-state index >= 15 is 0 Å². The van der Waals surface area contributed by atoms with Crippen molar-refractivity contribution in [3.8, 4) is 0 Å². The molecule has 1 aromatic rings. The second-order valence-electron chi connectivity index (χ2n) is 5.93. The van der Waals surface area contributed by atoms with Crippen molar-refractivity contribution < 1.29 is 9.90 Å². The van der Waals surface area contributed by atoms with Crippen molar-refractivity contribution in [1.82, 2.24) is 10.6 Å². The summed E-state index contributed by atoms with van der Waals surface area (Å²) in [6.07, 6.45) is 3.82. The molecule has 1 atom stereocenters. The summed E-state index contributed by atoms with van der Waals surface area (Å²) in [6.45, 7) is 2.61. The highest BCUT2D eigenvalue weighted by Crippen LogP contribution is 2.28. The summed E-state index contributed by atoms with van der Waals surface area (Å²) in [5.41, 5.74) is 0.713. The maximum absolute atomic E-state index is 12.0. The van der Waals surface area contributed by atoms with Crippen LogP contribution in [0, 0.1) is 0 Å². The standard InChI is InChI=1S/C16H23ClN2O2/c1-12(13-4-6-14(17)7-5-13)10-18-15(21)19-16(11-20)8-2-3-9-16/h4-7,12,20H,2-3,8-11H2,1H3,(H2,18,19,21). The average Bonchev–Trinajstić information content (AvgIpc) is 2.94. The van der Waals surface area contributed by atoms with Gasteiger partial charge in [-0.1, -0.05) is 43.5 Å². The fraction of sp³-hybridized carbons (Fsp3) is 0.562. The first-order valence-corrected chi connectivity index (χ1v) is 7.85. The molecule has 0 spiro atoms. The quantitative estimate of drug-likeness (QED) is 0.783. The van der Waals surface area contributed by atoms with Gasteiger partial charge < -0.3 is 15.7 Å². The first-order valence-electron chi connectivity index (χ1n) is 7.47. The number of carbonyl (C=O) groups excluding carboxylic acids is 1. The van der Waals surface area contributed by atoms with E-state index in [1.54, 1.807) is 0 Å². The Labute approximate surface area is 130 Å². The SMILES string of the molecule is CC(CNC(=O)NC1(CO)CCCC1)c1ccc(Cl)cc1. The molecule has 1 fully saturated rings. The first-order chi connectivity index (χ1) is 10.0. The van der Waals surface area contributed by atoms with Crippen molar-refractivity contribution in [2.45, 2.75) is 44.1 Å². The number of amides is 2. The minimum absolute atomic E-state index is 0.00710. The van der Waals surface area contributed by atoms with E-state index in [-0.39, 0.29) is 18.6 Å². The summed E-state index contributed by atoms with van der Waals surface area (Å²) in [4.78, 5) is 12.0. The smallest absolute Gasteiger partial charge is 0.315 e. The number of hydrogen-bond acceptors (Lipinski definition) is 2. The number of aliphatic hydroxyl groups is 1. The van der Waals surface area contributed by atoms with Gasteiger partial charge in [-0.3, -0.25) is 0 Å². The molecule has 0 heterocycles. The van der Waals surface area contributed by atoms with Gasteiger partial charge in [0, 0.05) is 11.6 Å². The zero-order chi connectivity index (χ0) is 15.3. The van der Waals surface area contributed by atoms with Crippen LogP contribution in [0.5, 0.6) is 0 Å². The third kappa shape index (κ3) is 4.35. The third-order valence-corrected chi connectivity index (χ3v) is 4.50. The van der Waals surface area contributed by atoms with Crippen LogP contribution in [-0.4, -0.2) is 29.8 Å². The Balaban J connectivity index is 1.82. The normalized spacial score (nSPS) is 18.2. The predicted molar refractivity (Wildman–Crippen MR) is 84.7 cm³/mol. The van der Waals surface area contributed by atoms with E-state index in [2.05, 4.69) is 17.6 Å². The third-order valence-electron chi connectivity index (χ3n) is 4.25. The summed E-state index contributed by atoms with van der Waals surface area (Å²) in [5, 5.41) is 16.0. The summed E-state index contributed by atoms with van der Waals surface area (Å²) in [6, 6.07) is 7.45. The van der Waals surface area contributed by atoms with E-state index in [4.69, 9.17) is 11.6 Å². The molecule has 3 N–H and O–H groups in total. The lowest BCUT2D eigenvalue weighted by Crippen LogP contribution is -2.53. The van der Waals surface area contributed by atoms with Crippen LogP contribution in [0.4, 0.5) is 4.79 Å². The van der Waals surface area contributed by atoms with Crippen LogP contribution in [0.15, 0.2) is 24.3 Å². The highest BCUT2D eigenvalue weighted by molar-refractivity contribution is 6.30. The predicted octanol–water partition coefficient (Wildman–Crippen LogP) is 3.05. The molecule has 0 bridgehead atoms. The van der Waals surface area contributed by atoms with E-state index < -0.39 is 5.54 Å². The number of aliphatic hydroxyl groups excluding tert-OH is 1. The van der Waals surface area contributed by atoms with Gasteiger partial charge >= 0.3 is 6.03 Å². The molecule has 0 radical (unpaired) electrons. The molecule has 1 saturated carbocycles. The molecule has 0 aliphatic heterocycles. The molecule has 1 unspecified atom stereocenters. The van der Waals surface area contributed by atoms with Gasteiger partial charge in [-0.2, -0.15) is 0 Å². The number of halogens is 1. The highest BCUT2D eigenvalue weighted by atomic mass is 35.5. The van der Waals surface area contributed by atoms with Crippen molar-refractivity contribution in [2.24, 2.45) is 0 Å². The highest BCUT2D eigenvalue weighted by Gasteiger charge is 2.34. The van der Waals surface area contributed by atoms with Crippen molar-refractivity contribution in [2.75, 3.05) is 13.2 Å². The maximum atomic E-state index is 12.0. The number of carbonyl (C=O) groups is 1. The molecular formula is C16H23ClN2O2. The maximum Gasteiger partial charge on any atom is 0.315 e. The van der Waals surface area contributed by atoms with Crippen molar-refractivity contribution in [3.63, 3.8) is 0 Å². The molecule has 2 rings (SSSR count). The lowest BCUT2D eigenvalue weighted by molar-refractivity contribution is 0.163. The molecule has 0 saturated heterocycles. The van der Waals surface area contributed by atoms with Gasteiger partial charge in [0.05, 0.1) is 12.1 Å². The number of hydrogen-bond donors (Lipinski definition) is 3. The van der Waals surface area contributed by atoms with E-state index in [9.17, 15) is 9.90 Å². The molecule has 1 aromatic carbocycles. The summed E-state index contributed by atoms with van der Waals surface area (Å²) in [7, 11) is 0. The summed E-state index contributed by atoms with van der Waals surface area (Å²) >= 11 is 5.87. The Morgan fingerprint density at radius 1 is 1.33 bits per heavy atom. The van der Waals surface area contributed by atoms with Crippen molar-refractivity contribution in [3.05, 3.63) is 34.9 Å². The average molecular weight is 311 g/mol. The molecule has 2 amide bonds. The van der Waals surface area contributed by atoms with Crippen molar-refractivity contribution in [1.29, 1.82) is 0 Å². The lowest BCUT2D eigenvalue weighted by Gasteiger charge is -2.28. The number of urea groups is 1. The van der Waals surface area contributed by atoms with Crippen LogP contribution < -0.4 is 10.6 Å². The minimum Gasteiger partial charge on any atom is -0.394 e. The van der Waals surface area contributed by atoms with Gasteiger partial charge in [-0.25, -0.2) is 4.79 Å². The van der Waals surface area contributed by atoms with Gasteiger partial charge in [0.15, 0.2) is 0 Å². The monoisotopic (exact) mass is 310 g/mol. The molecule has 0 aromatic heterocycles. The molecular weight excluding hydrogens is 288 g/mol. The van der Waals surface area contributed by atoms with Crippen LogP contribution >= 0.6 is 11.6 Å². The van der Waals surface area contributed by atoms with Crippen molar-refractivity contribution >= 4 is 17.6 Å². The zero-order valence-corrected chi connectivity index (χ0v) is 13.1.